The van der Waals surface area contributed by atoms with Crippen LogP contribution in [-0.2, 0) is 41.9 Å². The fraction of sp³-hybridized carbons (Fsp3) is 0.357. The highest BCUT2D eigenvalue weighted by Crippen LogP contribution is 2.13. The molecule has 7 N–H and O–H groups in total. The van der Waals surface area contributed by atoms with E-state index in [4.69, 9.17) is 36.3 Å². The largest absolute Gasteiger partial charge is 0.481 e. The molecule has 0 aliphatic carbocycles. The maximum absolute atomic E-state index is 11.6. The first-order valence-electron chi connectivity index (χ1n) is 13.1. The molecule has 4 rings (SSSR count). The maximum atomic E-state index is 11.6. The number of aliphatic hydroxyl groups is 1. The highest BCUT2D eigenvalue weighted by Gasteiger charge is 2.35. The van der Waals surface area contributed by atoms with Gasteiger partial charge in [0, 0.05) is 13.1 Å². The summed E-state index contributed by atoms with van der Waals surface area (Å²) in [4.78, 5) is 67.7. The lowest BCUT2D eigenvalue weighted by Gasteiger charge is -2.13. The third kappa shape index (κ3) is 11.5. The van der Waals surface area contributed by atoms with E-state index in [1.54, 1.807) is 0 Å². The van der Waals surface area contributed by atoms with Crippen molar-refractivity contribution in [2.24, 2.45) is 11.5 Å². The first-order chi connectivity index (χ1) is 20.4. The third-order valence-corrected chi connectivity index (χ3v) is 6.00. The monoisotopic (exact) mass is 602 g/mol. The summed E-state index contributed by atoms with van der Waals surface area (Å²) in [5, 5.41) is 24.1. The van der Waals surface area contributed by atoms with E-state index in [0.29, 0.717) is 25.9 Å². The number of ether oxygens (including phenoxy) is 2. The zero-order valence-electron chi connectivity index (χ0n) is 23.1. The molecule has 43 heavy (non-hydrogen) atoms. The molecule has 0 spiro atoms. The minimum atomic E-state index is -1.79. The van der Waals surface area contributed by atoms with E-state index in [2.05, 4.69) is 0 Å². The number of carbonyl (C=O) groups excluding carboxylic acids is 4. The molecule has 15 nitrogen and oxygen atoms in total. The van der Waals surface area contributed by atoms with Crippen molar-refractivity contribution in [1.29, 1.82) is 0 Å². The van der Waals surface area contributed by atoms with Crippen molar-refractivity contribution < 1.29 is 53.6 Å². The number of nitrogens with zero attached hydrogens (tertiary/aromatic N) is 2. The van der Waals surface area contributed by atoms with Crippen molar-refractivity contribution in [1.82, 2.24) is 9.80 Å². The average Bonchev–Trinajstić information content (AvgIpc) is 3.51. The molecule has 0 aromatic heterocycles. The number of aliphatic hydroxyl groups excluding tert-OH is 1. The van der Waals surface area contributed by atoms with Crippen LogP contribution in [0.4, 0.5) is 9.59 Å². The molecule has 2 heterocycles. The standard InChI is InChI=1S/2C12H14N2O3.C4H6O5/c2*13-10-6-7-14(11(10)15)12(16)17-8-9-4-2-1-3-5-9;5-2(4(8)9)1-3(6)7/h2*1-5,10H,6-8,13H2;2,5H,1H2,(H,6,7)(H,8,9)/t2*10-;2-/m000/s1. The Bertz CT molecular complexity index is 1180. The summed E-state index contributed by atoms with van der Waals surface area (Å²) in [6.07, 6.45) is -2.78. The second kappa shape index (κ2) is 17.2. The van der Waals surface area contributed by atoms with Crippen LogP contribution in [0.25, 0.3) is 0 Å². The van der Waals surface area contributed by atoms with Gasteiger partial charge in [0.2, 0.25) is 11.8 Å². The van der Waals surface area contributed by atoms with Crippen molar-refractivity contribution in [3.63, 3.8) is 0 Å². The Morgan fingerprint density at radius 3 is 1.37 bits per heavy atom. The number of nitrogens with two attached hydrogens (primary N) is 2. The number of benzene rings is 2. The van der Waals surface area contributed by atoms with Gasteiger partial charge in [-0.15, -0.1) is 0 Å². The van der Waals surface area contributed by atoms with Crippen LogP contribution in [0.15, 0.2) is 60.7 Å². The quantitative estimate of drug-likeness (QED) is 0.293. The van der Waals surface area contributed by atoms with Crippen molar-refractivity contribution in [3.8, 4) is 0 Å². The van der Waals surface area contributed by atoms with E-state index < -0.39 is 48.7 Å². The van der Waals surface area contributed by atoms with Crippen LogP contribution in [0.3, 0.4) is 0 Å². The summed E-state index contributed by atoms with van der Waals surface area (Å²) in [6.45, 7) is 1.01. The summed E-state index contributed by atoms with van der Waals surface area (Å²) in [7, 11) is 0. The van der Waals surface area contributed by atoms with Crippen molar-refractivity contribution in [2.75, 3.05) is 13.1 Å². The number of likely N-dealkylation sites (tertiary alicyclic amines) is 2. The Morgan fingerprint density at radius 1 is 0.744 bits per heavy atom. The van der Waals surface area contributed by atoms with Gasteiger partial charge in [0.05, 0.1) is 18.5 Å². The highest BCUT2D eigenvalue weighted by molar-refractivity contribution is 5.97. The smallest absolute Gasteiger partial charge is 0.416 e. The predicted octanol–water partition coefficient (Wildman–Crippen LogP) is 0.672. The summed E-state index contributed by atoms with van der Waals surface area (Å²) in [5.41, 5.74) is 12.8. The van der Waals surface area contributed by atoms with Gasteiger partial charge >= 0.3 is 24.1 Å². The van der Waals surface area contributed by atoms with E-state index in [1.165, 1.54) is 0 Å². The molecular weight excluding hydrogens is 568 g/mol. The van der Waals surface area contributed by atoms with Crippen molar-refractivity contribution in [3.05, 3.63) is 71.8 Å². The number of hydrogen-bond donors (Lipinski definition) is 5. The molecule has 0 saturated carbocycles. The molecule has 2 saturated heterocycles. The van der Waals surface area contributed by atoms with Gasteiger partial charge in [-0.2, -0.15) is 0 Å². The molecule has 0 radical (unpaired) electrons. The Labute approximate surface area is 246 Å². The van der Waals surface area contributed by atoms with Crippen LogP contribution in [0, 0.1) is 0 Å². The fourth-order valence-electron chi connectivity index (χ4n) is 3.61. The van der Waals surface area contributed by atoms with Gasteiger partial charge < -0.3 is 36.3 Å². The van der Waals surface area contributed by atoms with E-state index in [9.17, 15) is 28.8 Å². The zero-order chi connectivity index (χ0) is 31.9. The third-order valence-electron chi connectivity index (χ3n) is 6.00. The van der Waals surface area contributed by atoms with Gasteiger partial charge in [0.1, 0.15) is 13.2 Å². The van der Waals surface area contributed by atoms with Gasteiger partial charge in [0.25, 0.3) is 0 Å². The number of rotatable bonds is 7. The number of carboxylic acids is 2. The van der Waals surface area contributed by atoms with Gasteiger partial charge in [-0.05, 0) is 24.0 Å². The Morgan fingerprint density at radius 2 is 1.12 bits per heavy atom. The summed E-state index contributed by atoms with van der Waals surface area (Å²) in [6, 6.07) is 17.5. The highest BCUT2D eigenvalue weighted by atomic mass is 16.6. The Hall–Kier alpha value is -4.86. The molecule has 2 aliphatic rings. The lowest BCUT2D eigenvalue weighted by molar-refractivity contribution is -0.152. The van der Waals surface area contributed by atoms with E-state index in [0.717, 1.165) is 20.9 Å². The predicted molar refractivity (Wildman–Crippen MR) is 148 cm³/mol. The van der Waals surface area contributed by atoms with Crippen LogP contribution in [0.1, 0.15) is 30.4 Å². The van der Waals surface area contributed by atoms with Gasteiger partial charge in [-0.25, -0.2) is 24.2 Å². The normalized spacial score (nSPS) is 18.0. The molecule has 0 bridgehead atoms. The van der Waals surface area contributed by atoms with E-state index in [-0.39, 0.29) is 25.0 Å². The Kier molecular flexibility index (Phi) is 13.7. The number of carboxylic acid groups (broad SMARTS) is 2. The number of carbonyl (C=O) groups is 6. The first-order valence-corrected chi connectivity index (χ1v) is 13.1. The SMILES string of the molecule is N[C@H]1CCN(C(=O)OCc2ccccc2)C1=O.N[C@H]1CCN(C(=O)OCc2ccccc2)C1=O.O=C(O)C[C@H](O)C(=O)O. The first kappa shape index (κ1) is 34.3. The average molecular weight is 603 g/mol. The van der Waals surface area contributed by atoms with Crippen LogP contribution < -0.4 is 11.5 Å². The van der Waals surface area contributed by atoms with Crippen molar-refractivity contribution in [2.45, 2.75) is 50.7 Å². The summed E-state index contributed by atoms with van der Waals surface area (Å²) >= 11 is 0. The van der Waals surface area contributed by atoms with Crippen LogP contribution in [0.5, 0.6) is 0 Å². The van der Waals surface area contributed by atoms with E-state index in [1.807, 2.05) is 60.7 Å². The molecule has 15 heteroatoms. The van der Waals surface area contributed by atoms with Gasteiger partial charge in [0.15, 0.2) is 6.10 Å². The van der Waals surface area contributed by atoms with Gasteiger partial charge in [-0.3, -0.25) is 14.4 Å². The molecule has 2 fully saturated rings. The molecule has 0 unspecified atom stereocenters. The van der Waals surface area contributed by atoms with Crippen LogP contribution in [-0.4, -0.2) is 92.3 Å². The van der Waals surface area contributed by atoms with Crippen LogP contribution >= 0.6 is 0 Å². The van der Waals surface area contributed by atoms with Crippen molar-refractivity contribution >= 4 is 35.9 Å². The minimum absolute atomic E-state index is 0.165. The lowest BCUT2D eigenvalue weighted by Crippen LogP contribution is -2.38. The number of hydrogen-bond acceptors (Lipinski definition) is 11. The number of aliphatic carboxylic acids is 2. The summed E-state index contributed by atoms with van der Waals surface area (Å²) < 4.78 is 10.1. The molecule has 3 atom stereocenters. The molecule has 232 valence electrons. The molecular formula is C28H34N4O11. The minimum Gasteiger partial charge on any atom is -0.481 e. The lowest BCUT2D eigenvalue weighted by atomic mass is 10.2. The van der Waals surface area contributed by atoms with Crippen LogP contribution in [0.2, 0.25) is 0 Å². The second-order valence-electron chi connectivity index (χ2n) is 9.30. The molecule has 2 aromatic carbocycles. The van der Waals surface area contributed by atoms with Gasteiger partial charge in [-0.1, -0.05) is 60.7 Å². The number of amides is 4. The molecule has 4 amide bonds. The second-order valence-corrected chi connectivity index (χ2v) is 9.30. The fourth-order valence-corrected chi connectivity index (χ4v) is 3.61. The topological polar surface area (TPSA) is 240 Å². The molecule has 2 aliphatic heterocycles. The maximum Gasteiger partial charge on any atom is 0.416 e. The Balaban J connectivity index is 0.000000238. The van der Waals surface area contributed by atoms with E-state index >= 15 is 0 Å². The number of imide groups is 2. The summed E-state index contributed by atoms with van der Waals surface area (Å²) in [5.74, 6) is -3.56. The molecule has 2 aromatic rings. The zero-order valence-corrected chi connectivity index (χ0v) is 23.1.